The molecule has 0 atom stereocenters. The van der Waals surface area contributed by atoms with Gasteiger partial charge in [-0.3, -0.25) is 14.3 Å². The monoisotopic (exact) mass is 469 g/mol. The molecule has 10 heteroatoms. The van der Waals surface area contributed by atoms with Gasteiger partial charge < -0.3 is 20.3 Å². The number of rotatable bonds is 6. The summed E-state index contributed by atoms with van der Waals surface area (Å²) in [6.07, 6.45) is 4.55. The number of benzene rings is 2. The average Bonchev–Trinajstić information content (AvgIpc) is 3.23. The molecule has 0 aliphatic carbocycles. The molecule has 0 unspecified atom stereocenters. The molecule has 0 radical (unpaired) electrons. The van der Waals surface area contributed by atoms with Crippen molar-refractivity contribution in [1.82, 2.24) is 19.7 Å². The van der Waals surface area contributed by atoms with Gasteiger partial charge in [0.15, 0.2) is 5.78 Å². The normalized spacial score (nSPS) is 12.6. The smallest absolute Gasteiger partial charge is 0.250 e. The number of ketones is 1. The summed E-state index contributed by atoms with van der Waals surface area (Å²) < 4.78 is 7.47. The predicted molar refractivity (Wildman–Crippen MR) is 134 cm³/mol. The summed E-state index contributed by atoms with van der Waals surface area (Å²) in [5.74, 6) is 0.869. The molecule has 0 saturated heterocycles. The average molecular weight is 470 g/mol. The lowest BCUT2D eigenvalue weighted by Crippen LogP contribution is -2.36. The summed E-state index contributed by atoms with van der Waals surface area (Å²) in [6.45, 7) is 5.86. The van der Waals surface area contributed by atoms with Crippen LogP contribution in [0.5, 0.6) is 5.75 Å². The van der Waals surface area contributed by atoms with Gasteiger partial charge in [-0.15, -0.1) is 0 Å². The summed E-state index contributed by atoms with van der Waals surface area (Å²) in [6, 6.07) is 11.2. The van der Waals surface area contributed by atoms with Crippen LogP contribution < -0.4 is 20.3 Å². The fraction of sp³-hybridized carbons (Fsp3) is 0.160. The summed E-state index contributed by atoms with van der Waals surface area (Å²) >= 11 is 0. The molecule has 2 N–H and O–H groups in total. The Morgan fingerprint density at radius 1 is 1.11 bits per heavy atom. The Bertz CT molecular complexity index is 1480. The van der Waals surface area contributed by atoms with Gasteiger partial charge in [-0.25, -0.2) is 4.98 Å². The van der Waals surface area contributed by atoms with Crippen molar-refractivity contribution in [2.24, 2.45) is 7.05 Å². The highest BCUT2D eigenvalue weighted by Crippen LogP contribution is 2.35. The number of hydrogen-bond acceptors (Lipinski definition) is 8. The maximum atomic E-state index is 12.3. The Morgan fingerprint density at radius 3 is 2.71 bits per heavy atom. The number of Topliss-reactive ketones (excluding diaryl/α,β-unsaturated/α-hetero) is 1. The van der Waals surface area contributed by atoms with Gasteiger partial charge in [-0.1, -0.05) is 6.58 Å². The van der Waals surface area contributed by atoms with Crippen molar-refractivity contribution in [3.8, 4) is 5.75 Å². The second-order valence-electron chi connectivity index (χ2n) is 8.03. The number of carbonyl (C=O) groups is 2. The second-order valence-corrected chi connectivity index (χ2v) is 8.03. The zero-order valence-electron chi connectivity index (χ0n) is 19.3. The van der Waals surface area contributed by atoms with Crippen molar-refractivity contribution in [1.29, 1.82) is 0 Å². The molecule has 176 valence electrons. The van der Waals surface area contributed by atoms with E-state index < -0.39 is 0 Å². The fourth-order valence-corrected chi connectivity index (χ4v) is 3.92. The minimum Gasteiger partial charge on any atom is -0.490 e. The minimum atomic E-state index is -0.213. The van der Waals surface area contributed by atoms with E-state index in [4.69, 9.17) is 4.74 Å². The molecule has 0 spiro atoms. The minimum absolute atomic E-state index is 0.180. The third-order valence-electron chi connectivity index (χ3n) is 5.70. The van der Waals surface area contributed by atoms with Crippen LogP contribution in [0.25, 0.3) is 10.9 Å². The van der Waals surface area contributed by atoms with Crippen molar-refractivity contribution in [3.05, 3.63) is 67.0 Å². The topological polar surface area (TPSA) is 114 Å². The number of carbonyl (C=O) groups excluding carboxylic acids is 2. The van der Waals surface area contributed by atoms with Gasteiger partial charge in [-0.05, 0) is 49.4 Å². The van der Waals surface area contributed by atoms with Crippen LogP contribution in [0, 0.1) is 0 Å². The van der Waals surface area contributed by atoms with Gasteiger partial charge in [-0.2, -0.15) is 10.1 Å². The number of fused-ring (bicyclic) bond motifs is 2. The molecule has 0 bridgehead atoms. The highest BCUT2D eigenvalue weighted by molar-refractivity contribution is 6.03. The molecule has 4 aromatic rings. The van der Waals surface area contributed by atoms with Crippen LogP contribution in [0.3, 0.4) is 0 Å². The van der Waals surface area contributed by atoms with Crippen molar-refractivity contribution >= 4 is 51.4 Å². The quantitative estimate of drug-likeness (QED) is 0.322. The molecule has 10 nitrogen and oxygen atoms in total. The molecule has 5 rings (SSSR count). The van der Waals surface area contributed by atoms with Crippen molar-refractivity contribution < 1.29 is 14.3 Å². The molecule has 1 aliphatic heterocycles. The predicted octanol–water partition coefficient (Wildman–Crippen LogP) is 3.96. The van der Waals surface area contributed by atoms with E-state index in [0.29, 0.717) is 47.6 Å². The number of ether oxygens (including phenoxy) is 1. The van der Waals surface area contributed by atoms with Crippen LogP contribution in [0.4, 0.5) is 28.8 Å². The Balaban J connectivity index is 1.46. The van der Waals surface area contributed by atoms with Crippen molar-refractivity contribution in [2.75, 3.05) is 28.7 Å². The lowest BCUT2D eigenvalue weighted by Gasteiger charge is -2.29. The van der Waals surface area contributed by atoms with Crippen LogP contribution in [0.2, 0.25) is 0 Å². The van der Waals surface area contributed by atoms with Crippen LogP contribution in [-0.2, 0) is 11.8 Å². The van der Waals surface area contributed by atoms with E-state index in [1.54, 1.807) is 34.0 Å². The van der Waals surface area contributed by atoms with E-state index in [0.717, 1.165) is 16.6 Å². The highest BCUT2D eigenvalue weighted by atomic mass is 16.5. The Labute approximate surface area is 201 Å². The van der Waals surface area contributed by atoms with Crippen molar-refractivity contribution in [2.45, 2.75) is 6.92 Å². The van der Waals surface area contributed by atoms with E-state index in [-0.39, 0.29) is 11.7 Å². The third-order valence-corrected chi connectivity index (χ3v) is 5.70. The molecule has 0 fully saturated rings. The van der Waals surface area contributed by atoms with E-state index >= 15 is 0 Å². The zero-order chi connectivity index (χ0) is 24.5. The first-order chi connectivity index (χ1) is 16.9. The van der Waals surface area contributed by atoms with E-state index in [1.807, 2.05) is 25.2 Å². The summed E-state index contributed by atoms with van der Waals surface area (Å²) in [4.78, 5) is 35.0. The number of anilines is 5. The molecule has 2 aromatic heterocycles. The molecular weight excluding hydrogens is 446 g/mol. The molecular formula is C25H23N7O3. The van der Waals surface area contributed by atoms with Gasteiger partial charge in [0.05, 0.1) is 29.5 Å². The Morgan fingerprint density at radius 2 is 1.91 bits per heavy atom. The van der Waals surface area contributed by atoms with Gasteiger partial charge >= 0.3 is 0 Å². The van der Waals surface area contributed by atoms with Gasteiger partial charge in [0, 0.05) is 30.0 Å². The Kier molecular flexibility index (Phi) is 5.61. The number of hydrogen-bond donors (Lipinski definition) is 2. The van der Waals surface area contributed by atoms with Crippen LogP contribution in [-0.4, -0.2) is 44.6 Å². The van der Waals surface area contributed by atoms with Gasteiger partial charge in [0.2, 0.25) is 5.95 Å². The maximum Gasteiger partial charge on any atom is 0.250 e. The fourth-order valence-electron chi connectivity index (χ4n) is 3.92. The zero-order valence-corrected chi connectivity index (χ0v) is 19.3. The van der Waals surface area contributed by atoms with Crippen LogP contribution in [0.15, 0.2) is 61.4 Å². The number of nitrogens with one attached hydrogen (secondary N) is 2. The maximum absolute atomic E-state index is 12.3. The molecule has 1 amide bonds. The first-order valence-electron chi connectivity index (χ1n) is 11.0. The van der Waals surface area contributed by atoms with E-state index in [2.05, 4.69) is 32.3 Å². The molecule has 3 heterocycles. The first-order valence-corrected chi connectivity index (χ1v) is 11.0. The summed E-state index contributed by atoms with van der Waals surface area (Å²) in [7, 11) is 1.87. The molecule has 0 saturated carbocycles. The molecule has 2 aromatic carbocycles. The first kappa shape index (κ1) is 22.1. The highest BCUT2D eigenvalue weighted by Gasteiger charge is 2.23. The van der Waals surface area contributed by atoms with Crippen molar-refractivity contribution in [3.63, 3.8) is 0 Å². The number of aromatic nitrogens is 4. The van der Waals surface area contributed by atoms with E-state index in [9.17, 15) is 9.59 Å². The summed E-state index contributed by atoms with van der Waals surface area (Å²) in [5.41, 5.74) is 3.34. The number of nitrogens with zero attached hydrogens (tertiary/aromatic N) is 5. The molecule has 1 aliphatic rings. The third kappa shape index (κ3) is 4.29. The standard InChI is InChI=1S/C25H23N7O3/c1-4-23(34)32-9-10-35-22-8-7-17(12-21(22)32)28-24-19(15(2)33)14-26-25(30-24)29-18-6-5-16-13-27-31(3)20(16)11-18/h4-8,11-14H,1,9-10H2,2-3H3,(H2,26,28,29,30). The van der Waals surface area contributed by atoms with Crippen LogP contribution in [0.1, 0.15) is 17.3 Å². The SMILES string of the molecule is C=CC(=O)N1CCOc2ccc(Nc3nc(Nc4ccc5cnn(C)c5c4)ncc3C(C)=O)cc21. The number of aryl methyl sites for hydroxylation is 1. The van der Waals surface area contributed by atoms with Gasteiger partial charge in [0.25, 0.3) is 5.91 Å². The Hall–Kier alpha value is -4.73. The second kappa shape index (κ2) is 8.90. The van der Waals surface area contributed by atoms with Crippen LogP contribution >= 0.6 is 0 Å². The largest absolute Gasteiger partial charge is 0.490 e. The lowest BCUT2D eigenvalue weighted by molar-refractivity contribution is -0.114. The number of amides is 1. The van der Waals surface area contributed by atoms with E-state index in [1.165, 1.54) is 19.2 Å². The van der Waals surface area contributed by atoms with Gasteiger partial charge in [0.1, 0.15) is 18.2 Å². The molecule has 35 heavy (non-hydrogen) atoms. The summed E-state index contributed by atoms with van der Waals surface area (Å²) in [5, 5.41) is 11.7. The lowest BCUT2D eigenvalue weighted by atomic mass is 10.2.